The molecule has 160 valence electrons. The van der Waals surface area contributed by atoms with Crippen molar-refractivity contribution in [3.63, 3.8) is 0 Å². The molecule has 6 nitrogen and oxygen atoms in total. The molecule has 0 saturated carbocycles. The highest BCUT2D eigenvalue weighted by molar-refractivity contribution is 5.83. The van der Waals surface area contributed by atoms with Crippen LogP contribution >= 0.6 is 0 Å². The van der Waals surface area contributed by atoms with Gasteiger partial charge in [-0.3, -0.25) is 0 Å². The van der Waals surface area contributed by atoms with E-state index in [0.717, 1.165) is 49.6 Å². The van der Waals surface area contributed by atoms with Crippen molar-refractivity contribution < 1.29 is 5.11 Å². The Morgan fingerprint density at radius 1 is 1.20 bits per heavy atom. The summed E-state index contributed by atoms with van der Waals surface area (Å²) in [5.74, 6) is 0.993. The first-order chi connectivity index (χ1) is 14.7. The molecule has 0 bridgehead atoms. The topological polar surface area (TPSA) is 66.2 Å². The average molecular weight is 408 g/mol. The smallest absolute Gasteiger partial charge is 0.132 e. The number of benzene rings is 1. The van der Waals surface area contributed by atoms with Crippen LogP contribution < -0.4 is 10.2 Å². The van der Waals surface area contributed by atoms with Crippen LogP contribution in [0.1, 0.15) is 45.2 Å². The Labute approximate surface area is 179 Å². The van der Waals surface area contributed by atoms with Crippen molar-refractivity contribution in [1.29, 1.82) is 0 Å². The number of aromatic nitrogens is 3. The molecule has 0 amide bonds. The van der Waals surface area contributed by atoms with Crippen molar-refractivity contribution >= 4 is 22.4 Å². The summed E-state index contributed by atoms with van der Waals surface area (Å²) in [6, 6.07) is 11.5. The fourth-order valence-electron chi connectivity index (χ4n) is 4.60. The second-order valence-corrected chi connectivity index (χ2v) is 8.35. The van der Waals surface area contributed by atoms with Crippen LogP contribution in [0.3, 0.4) is 0 Å². The second kappa shape index (κ2) is 9.47. The van der Waals surface area contributed by atoms with Crippen molar-refractivity contribution in [3.8, 4) is 0 Å². The Hall–Kier alpha value is -2.60. The largest absolute Gasteiger partial charge is 0.396 e. The fourth-order valence-corrected chi connectivity index (χ4v) is 4.60. The zero-order valence-corrected chi connectivity index (χ0v) is 18.1. The zero-order chi connectivity index (χ0) is 20.9. The summed E-state index contributed by atoms with van der Waals surface area (Å²) in [4.78, 5) is 11.4. The first kappa shape index (κ1) is 20.7. The summed E-state index contributed by atoms with van der Waals surface area (Å²) in [6.07, 6.45) is 9.00. The van der Waals surface area contributed by atoms with Crippen LogP contribution in [0.25, 0.3) is 10.9 Å². The molecule has 1 aliphatic rings. The van der Waals surface area contributed by atoms with Crippen molar-refractivity contribution in [1.82, 2.24) is 14.5 Å². The molecular formula is C24H33N5O. The molecule has 0 radical (unpaired) electrons. The summed E-state index contributed by atoms with van der Waals surface area (Å²) >= 11 is 0. The van der Waals surface area contributed by atoms with Gasteiger partial charge in [-0.05, 0) is 63.1 Å². The molecule has 1 saturated heterocycles. The van der Waals surface area contributed by atoms with Gasteiger partial charge in [-0.2, -0.15) is 0 Å². The van der Waals surface area contributed by atoms with Crippen LogP contribution in [-0.4, -0.2) is 44.9 Å². The number of aliphatic hydroxyl groups is 1. The van der Waals surface area contributed by atoms with Crippen LogP contribution in [-0.2, 0) is 13.0 Å². The highest BCUT2D eigenvalue weighted by Gasteiger charge is 2.23. The van der Waals surface area contributed by atoms with Gasteiger partial charge < -0.3 is 19.9 Å². The lowest BCUT2D eigenvalue weighted by molar-refractivity contribution is 0.262. The summed E-state index contributed by atoms with van der Waals surface area (Å²) in [5, 5.41) is 14.3. The Kier molecular flexibility index (Phi) is 6.53. The predicted molar refractivity (Wildman–Crippen MR) is 123 cm³/mol. The first-order valence-corrected chi connectivity index (χ1v) is 11.2. The van der Waals surface area contributed by atoms with E-state index >= 15 is 0 Å². The van der Waals surface area contributed by atoms with Gasteiger partial charge in [0, 0.05) is 61.8 Å². The zero-order valence-electron chi connectivity index (χ0n) is 18.1. The Balaban J connectivity index is 1.44. The van der Waals surface area contributed by atoms with E-state index < -0.39 is 0 Å². The molecule has 2 atom stereocenters. The number of aryl methyl sites for hydroxylation is 1. The first-order valence-electron chi connectivity index (χ1n) is 11.2. The summed E-state index contributed by atoms with van der Waals surface area (Å²) in [5.41, 5.74) is 3.45. The van der Waals surface area contributed by atoms with E-state index in [1.807, 2.05) is 0 Å². The molecule has 6 heteroatoms. The van der Waals surface area contributed by atoms with E-state index in [1.54, 1.807) is 6.33 Å². The number of aliphatic hydroxyl groups excluding tert-OH is 1. The molecule has 2 unspecified atom stereocenters. The molecule has 4 rings (SSSR count). The van der Waals surface area contributed by atoms with Crippen molar-refractivity contribution in [3.05, 3.63) is 48.5 Å². The van der Waals surface area contributed by atoms with Gasteiger partial charge in [-0.15, -0.1) is 0 Å². The molecular weight excluding hydrogens is 374 g/mol. The van der Waals surface area contributed by atoms with Gasteiger partial charge in [-0.25, -0.2) is 9.97 Å². The molecule has 0 spiro atoms. The summed E-state index contributed by atoms with van der Waals surface area (Å²) in [7, 11) is 0. The minimum Gasteiger partial charge on any atom is -0.396 e. The molecule has 2 aromatic heterocycles. The number of anilines is 2. The van der Waals surface area contributed by atoms with E-state index in [0.29, 0.717) is 6.04 Å². The Morgan fingerprint density at radius 3 is 2.93 bits per heavy atom. The van der Waals surface area contributed by atoms with E-state index in [-0.39, 0.29) is 12.6 Å². The predicted octanol–water partition coefficient (Wildman–Crippen LogP) is 4.24. The van der Waals surface area contributed by atoms with Crippen molar-refractivity contribution in [2.75, 3.05) is 23.4 Å². The fraction of sp³-hybridized carbons (Fsp3) is 0.500. The van der Waals surface area contributed by atoms with Crippen LogP contribution in [0.15, 0.2) is 42.9 Å². The lowest BCUT2D eigenvalue weighted by Gasteiger charge is -2.36. The van der Waals surface area contributed by atoms with Crippen LogP contribution in [0.4, 0.5) is 11.5 Å². The quantitative estimate of drug-likeness (QED) is 0.585. The third-order valence-corrected chi connectivity index (χ3v) is 6.14. The standard InChI is InChI=1S/C24H33N5O/c1-3-28-12-9-19-7-8-20(15-23(19)28)27-18(2)14-21-16-24(26-17-25-21)29-11-5-4-6-22(29)10-13-30/h7-9,12,15-18,22,27,30H,3-6,10-11,13-14H2,1-2H3. The number of nitrogens with zero attached hydrogens (tertiary/aromatic N) is 4. The maximum Gasteiger partial charge on any atom is 0.132 e. The van der Waals surface area contributed by atoms with E-state index in [9.17, 15) is 5.11 Å². The lowest BCUT2D eigenvalue weighted by Crippen LogP contribution is -2.40. The third kappa shape index (κ3) is 4.59. The molecule has 1 fully saturated rings. The molecule has 3 heterocycles. The minimum absolute atomic E-state index is 0.228. The lowest BCUT2D eigenvalue weighted by atomic mass is 9.99. The number of hydrogen-bond acceptors (Lipinski definition) is 5. The van der Waals surface area contributed by atoms with Crippen molar-refractivity contribution in [2.24, 2.45) is 0 Å². The molecule has 2 N–H and O–H groups in total. The van der Waals surface area contributed by atoms with Gasteiger partial charge in [0.15, 0.2) is 0 Å². The highest BCUT2D eigenvalue weighted by atomic mass is 16.3. The maximum atomic E-state index is 9.41. The van der Waals surface area contributed by atoms with E-state index in [2.05, 4.69) is 75.1 Å². The van der Waals surface area contributed by atoms with Gasteiger partial charge in [0.2, 0.25) is 0 Å². The second-order valence-electron chi connectivity index (χ2n) is 8.35. The number of fused-ring (bicyclic) bond motifs is 1. The van der Waals surface area contributed by atoms with Gasteiger partial charge in [0.05, 0.1) is 5.52 Å². The van der Waals surface area contributed by atoms with E-state index in [4.69, 9.17) is 0 Å². The normalized spacial score (nSPS) is 18.0. The maximum absolute atomic E-state index is 9.41. The number of rotatable bonds is 8. The van der Waals surface area contributed by atoms with E-state index in [1.165, 1.54) is 23.7 Å². The summed E-state index contributed by atoms with van der Waals surface area (Å²) in [6.45, 7) is 6.57. The molecule has 0 aliphatic carbocycles. The highest BCUT2D eigenvalue weighted by Crippen LogP contribution is 2.26. The van der Waals surface area contributed by atoms with Gasteiger partial charge in [0.1, 0.15) is 12.1 Å². The molecule has 30 heavy (non-hydrogen) atoms. The number of hydrogen-bond donors (Lipinski definition) is 2. The van der Waals surface area contributed by atoms with Crippen molar-refractivity contribution in [2.45, 2.75) is 64.6 Å². The average Bonchev–Trinajstić information content (AvgIpc) is 3.17. The minimum atomic E-state index is 0.228. The van der Waals surface area contributed by atoms with Crippen LogP contribution in [0.2, 0.25) is 0 Å². The van der Waals surface area contributed by atoms with Crippen LogP contribution in [0, 0.1) is 0 Å². The van der Waals surface area contributed by atoms with Crippen LogP contribution in [0.5, 0.6) is 0 Å². The van der Waals surface area contributed by atoms with Gasteiger partial charge in [0.25, 0.3) is 0 Å². The Bertz CT molecular complexity index is 967. The summed E-state index contributed by atoms with van der Waals surface area (Å²) < 4.78 is 2.27. The molecule has 1 aliphatic heterocycles. The van der Waals surface area contributed by atoms with Gasteiger partial charge in [-0.1, -0.05) is 6.07 Å². The SMILES string of the molecule is CCn1ccc2ccc(NC(C)Cc3cc(N4CCCCC4CCO)ncn3)cc21. The molecule has 1 aromatic carbocycles. The molecule has 3 aromatic rings. The van der Waals surface area contributed by atoms with Gasteiger partial charge >= 0.3 is 0 Å². The third-order valence-electron chi connectivity index (χ3n) is 6.14. The number of nitrogens with one attached hydrogen (secondary N) is 1. The Morgan fingerprint density at radius 2 is 2.10 bits per heavy atom. The monoisotopic (exact) mass is 407 g/mol. The number of piperidine rings is 1.